The van der Waals surface area contributed by atoms with Gasteiger partial charge in [-0.15, -0.1) is 11.3 Å². The van der Waals surface area contributed by atoms with Crippen molar-refractivity contribution in [2.45, 2.75) is 26.6 Å². The first-order valence-corrected chi connectivity index (χ1v) is 13.1. The lowest BCUT2D eigenvalue weighted by molar-refractivity contribution is -0.140. The summed E-state index contributed by atoms with van der Waals surface area (Å²) in [5.74, 6) is -0.370. The average Bonchev–Trinajstić information content (AvgIpc) is 3.45. The number of halogens is 5. The summed E-state index contributed by atoms with van der Waals surface area (Å²) in [5.41, 5.74) is 8.85. The van der Waals surface area contributed by atoms with Crippen LogP contribution in [0.1, 0.15) is 32.1 Å². The van der Waals surface area contributed by atoms with Crippen molar-refractivity contribution in [2.75, 3.05) is 11.1 Å². The molecule has 5 aromatic rings. The van der Waals surface area contributed by atoms with Gasteiger partial charge in [-0.1, -0.05) is 47.5 Å². The van der Waals surface area contributed by atoms with Gasteiger partial charge in [-0.3, -0.25) is 9.48 Å². The first-order valence-electron chi connectivity index (χ1n) is 11.6. The SMILES string of the molecule is Cc1ccc(-c2cc(C(F)(F)F)nc3sc(C(=O)Nc4ccn(Cc5ccc(Cl)cc5Cl)n4)c(N)c23)cc1C. The van der Waals surface area contributed by atoms with Crippen molar-refractivity contribution in [3.63, 3.8) is 0 Å². The Morgan fingerprint density at radius 2 is 1.85 bits per heavy atom. The maximum atomic E-state index is 13.7. The molecule has 0 aliphatic carbocycles. The monoisotopic (exact) mass is 589 g/mol. The van der Waals surface area contributed by atoms with Crippen molar-refractivity contribution in [1.29, 1.82) is 0 Å². The molecule has 0 bridgehead atoms. The van der Waals surface area contributed by atoms with E-state index in [1.807, 2.05) is 19.9 Å². The maximum absolute atomic E-state index is 13.7. The smallest absolute Gasteiger partial charge is 0.397 e. The maximum Gasteiger partial charge on any atom is 0.433 e. The Kier molecular flexibility index (Phi) is 7.04. The van der Waals surface area contributed by atoms with Gasteiger partial charge in [0.25, 0.3) is 5.91 Å². The third-order valence-corrected chi connectivity index (χ3v) is 7.93. The van der Waals surface area contributed by atoms with Gasteiger partial charge in [0.05, 0.1) is 12.2 Å². The summed E-state index contributed by atoms with van der Waals surface area (Å²) in [7, 11) is 0. The summed E-state index contributed by atoms with van der Waals surface area (Å²) in [6, 6.07) is 13.0. The number of rotatable bonds is 5. The molecule has 5 rings (SSSR count). The first kappa shape index (κ1) is 27.0. The van der Waals surface area contributed by atoms with Gasteiger partial charge in [-0.05, 0) is 59.9 Å². The van der Waals surface area contributed by atoms with E-state index in [0.717, 1.165) is 34.1 Å². The molecule has 6 nitrogen and oxygen atoms in total. The Labute approximate surface area is 235 Å². The number of thiophene rings is 1. The van der Waals surface area contributed by atoms with Crippen molar-refractivity contribution in [3.8, 4) is 11.1 Å². The summed E-state index contributed by atoms with van der Waals surface area (Å²) < 4.78 is 42.7. The molecule has 0 unspecified atom stereocenters. The van der Waals surface area contributed by atoms with Crippen molar-refractivity contribution in [3.05, 3.63) is 92.0 Å². The minimum absolute atomic E-state index is 0.0172. The molecule has 0 spiro atoms. The Bertz CT molecular complexity index is 1750. The summed E-state index contributed by atoms with van der Waals surface area (Å²) in [6.45, 7) is 4.12. The summed E-state index contributed by atoms with van der Waals surface area (Å²) in [4.78, 5) is 17.0. The molecule has 0 saturated heterocycles. The number of carbonyl (C=O) groups excluding carboxylic acids is 1. The predicted octanol–water partition coefficient (Wildman–Crippen LogP) is 7.99. The Hall–Kier alpha value is -3.60. The zero-order valence-corrected chi connectivity index (χ0v) is 22.9. The van der Waals surface area contributed by atoms with Gasteiger partial charge < -0.3 is 11.1 Å². The Morgan fingerprint density at radius 3 is 2.54 bits per heavy atom. The van der Waals surface area contributed by atoms with Gasteiger partial charge in [0, 0.05) is 27.7 Å². The van der Waals surface area contributed by atoms with Crippen LogP contribution in [0.4, 0.5) is 24.7 Å². The molecule has 3 N–H and O–H groups in total. The van der Waals surface area contributed by atoms with Crippen LogP contribution >= 0.6 is 34.5 Å². The standard InChI is InChI=1S/C27H20Cl2F3N5OS/c1-13-3-4-15(9-14(13)2)18-11-20(27(30,31)32)34-26-22(18)23(33)24(39-26)25(38)35-21-7-8-37(36-21)12-16-5-6-17(28)10-19(16)29/h3-11H,12,33H2,1-2H3,(H,35,36,38). The second-order valence-corrected chi connectivity index (χ2v) is 10.8. The third-order valence-electron chi connectivity index (χ3n) is 6.24. The van der Waals surface area contributed by atoms with Gasteiger partial charge in [-0.25, -0.2) is 4.98 Å². The second-order valence-electron chi connectivity index (χ2n) is 8.97. The predicted molar refractivity (Wildman–Crippen MR) is 150 cm³/mol. The topological polar surface area (TPSA) is 85.8 Å². The summed E-state index contributed by atoms with van der Waals surface area (Å²) >= 11 is 13.0. The van der Waals surface area contributed by atoms with Gasteiger partial charge in [-0.2, -0.15) is 18.3 Å². The fourth-order valence-electron chi connectivity index (χ4n) is 4.09. The molecule has 0 aliphatic heterocycles. The van der Waals surface area contributed by atoms with E-state index in [0.29, 0.717) is 27.5 Å². The van der Waals surface area contributed by atoms with Gasteiger partial charge in [0.2, 0.25) is 0 Å². The Balaban J connectivity index is 1.49. The molecule has 3 heterocycles. The minimum atomic E-state index is -4.68. The number of hydrogen-bond donors (Lipinski definition) is 2. The highest BCUT2D eigenvalue weighted by Crippen LogP contribution is 2.43. The fourth-order valence-corrected chi connectivity index (χ4v) is 5.57. The molecule has 0 saturated carbocycles. The molecule has 0 aliphatic rings. The number of carbonyl (C=O) groups is 1. The number of aromatic nitrogens is 3. The zero-order valence-electron chi connectivity index (χ0n) is 20.5. The molecular formula is C27H20Cl2F3N5OS. The largest absolute Gasteiger partial charge is 0.433 e. The van der Waals surface area contributed by atoms with Crippen LogP contribution in [-0.2, 0) is 12.7 Å². The van der Waals surface area contributed by atoms with E-state index < -0.39 is 17.8 Å². The van der Waals surface area contributed by atoms with E-state index in [1.54, 1.807) is 47.3 Å². The normalized spacial score (nSPS) is 11.8. The lowest BCUT2D eigenvalue weighted by Gasteiger charge is -2.12. The van der Waals surface area contributed by atoms with Crippen LogP contribution < -0.4 is 11.1 Å². The van der Waals surface area contributed by atoms with Gasteiger partial charge >= 0.3 is 6.18 Å². The number of aryl methyl sites for hydroxylation is 2. The number of nitrogens with two attached hydrogens (primary N) is 1. The molecule has 0 fully saturated rings. The van der Waals surface area contributed by atoms with Crippen LogP contribution in [0, 0.1) is 13.8 Å². The number of anilines is 2. The van der Waals surface area contributed by atoms with E-state index in [4.69, 9.17) is 28.9 Å². The van der Waals surface area contributed by atoms with Crippen LogP contribution in [0.2, 0.25) is 10.0 Å². The second kappa shape index (κ2) is 10.2. The van der Waals surface area contributed by atoms with Crippen molar-refractivity contribution in [2.24, 2.45) is 0 Å². The third kappa shape index (κ3) is 5.45. The Morgan fingerprint density at radius 1 is 1.08 bits per heavy atom. The first-order chi connectivity index (χ1) is 18.4. The number of fused-ring (bicyclic) bond motifs is 1. The highest BCUT2D eigenvalue weighted by molar-refractivity contribution is 7.21. The van der Waals surface area contributed by atoms with Crippen LogP contribution in [-0.4, -0.2) is 20.7 Å². The summed E-state index contributed by atoms with van der Waals surface area (Å²) in [5, 5.41) is 8.29. The van der Waals surface area contributed by atoms with Gasteiger partial charge in [0.15, 0.2) is 5.82 Å². The number of nitrogens with one attached hydrogen (secondary N) is 1. The van der Waals surface area contributed by atoms with Crippen molar-refractivity contribution < 1.29 is 18.0 Å². The van der Waals surface area contributed by atoms with E-state index in [9.17, 15) is 18.0 Å². The molecule has 0 radical (unpaired) electrons. The fraction of sp³-hybridized carbons (Fsp3) is 0.148. The highest BCUT2D eigenvalue weighted by atomic mass is 35.5. The van der Waals surface area contributed by atoms with E-state index in [1.165, 1.54) is 0 Å². The highest BCUT2D eigenvalue weighted by Gasteiger charge is 2.35. The minimum Gasteiger partial charge on any atom is -0.397 e. The van der Waals surface area contributed by atoms with Crippen LogP contribution in [0.25, 0.3) is 21.3 Å². The molecule has 200 valence electrons. The van der Waals surface area contributed by atoms with Crippen molar-refractivity contribution in [1.82, 2.24) is 14.8 Å². The van der Waals surface area contributed by atoms with Gasteiger partial charge in [0.1, 0.15) is 15.4 Å². The van der Waals surface area contributed by atoms with Crippen LogP contribution in [0.3, 0.4) is 0 Å². The summed E-state index contributed by atoms with van der Waals surface area (Å²) in [6.07, 6.45) is -3.02. The lowest BCUT2D eigenvalue weighted by atomic mass is 9.97. The number of pyridine rings is 1. The van der Waals surface area contributed by atoms with Crippen molar-refractivity contribution >= 4 is 62.2 Å². The molecule has 2 aromatic carbocycles. The number of alkyl halides is 3. The average molecular weight is 590 g/mol. The number of hydrogen-bond acceptors (Lipinski definition) is 5. The number of nitrogens with zero attached hydrogens (tertiary/aromatic N) is 3. The van der Waals surface area contributed by atoms with E-state index in [-0.39, 0.29) is 26.8 Å². The van der Waals surface area contributed by atoms with E-state index >= 15 is 0 Å². The molecule has 39 heavy (non-hydrogen) atoms. The lowest BCUT2D eigenvalue weighted by Crippen LogP contribution is -2.13. The zero-order chi connectivity index (χ0) is 28.1. The molecule has 3 aromatic heterocycles. The molecular weight excluding hydrogens is 570 g/mol. The molecule has 12 heteroatoms. The van der Waals surface area contributed by atoms with Crippen LogP contribution in [0.15, 0.2) is 54.7 Å². The number of amides is 1. The van der Waals surface area contributed by atoms with E-state index in [2.05, 4.69) is 15.4 Å². The van der Waals surface area contributed by atoms with Crippen LogP contribution in [0.5, 0.6) is 0 Å². The molecule has 1 amide bonds. The number of nitrogen functional groups attached to an aromatic ring is 1. The number of benzene rings is 2. The quantitative estimate of drug-likeness (QED) is 0.217. The molecule has 0 atom stereocenters.